The minimum Gasteiger partial charge on any atom is -0.478 e. The van der Waals surface area contributed by atoms with Gasteiger partial charge in [0, 0.05) is 51.7 Å². The number of nitrogens with one attached hydrogen (secondary N) is 1. The van der Waals surface area contributed by atoms with Crippen molar-refractivity contribution < 1.29 is 42.6 Å². The van der Waals surface area contributed by atoms with Gasteiger partial charge in [-0.3, -0.25) is 19.3 Å². The van der Waals surface area contributed by atoms with Crippen molar-refractivity contribution in [1.82, 2.24) is 24.6 Å². The lowest BCUT2D eigenvalue weighted by Crippen LogP contribution is -2.60. The fourth-order valence-electron chi connectivity index (χ4n) is 6.16. The number of aromatic nitrogens is 1. The number of halogens is 2. The van der Waals surface area contributed by atoms with Crippen LogP contribution in [0.5, 0.6) is 0 Å². The van der Waals surface area contributed by atoms with Crippen LogP contribution in [-0.4, -0.2) is 105 Å². The van der Waals surface area contributed by atoms with Crippen LogP contribution in [0.15, 0.2) is 12.1 Å². The Morgan fingerprint density at radius 3 is 2.11 bits per heavy atom. The Morgan fingerprint density at radius 1 is 0.978 bits per heavy atom. The second-order valence-electron chi connectivity index (χ2n) is 13.1. The number of rotatable bonds is 7. The summed E-state index contributed by atoms with van der Waals surface area (Å²) in [7, 11) is 2.88. The number of amides is 4. The molecule has 0 spiro atoms. The molecular weight excluding hydrogens is 604 g/mol. The van der Waals surface area contributed by atoms with Gasteiger partial charge in [0.1, 0.15) is 23.4 Å². The summed E-state index contributed by atoms with van der Waals surface area (Å²) in [5.41, 5.74) is -1.33. The molecule has 2 aromatic rings. The molecule has 2 aliphatic rings. The predicted octanol–water partition coefficient (Wildman–Crippen LogP) is 3.76. The second kappa shape index (κ2) is 13.6. The summed E-state index contributed by atoms with van der Waals surface area (Å²) in [5, 5.41) is 12.7. The number of fused-ring (bicyclic) bond motifs is 1. The number of nitrogens with zero attached hydrogens (tertiary/aromatic N) is 4. The zero-order valence-electron chi connectivity index (χ0n) is 27.2. The van der Waals surface area contributed by atoms with E-state index in [2.05, 4.69) is 5.32 Å². The number of benzene rings is 1. The van der Waals surface area contributed by atoms with E-state index >= 15 is 0 Å². The number of carbonyl (C=O) groups is 5. The van der Waals surface area contributed by atoms with Crippen molar-refractivity contribution in [3.63, 3.8) is 0 Å². The molecule has 1 saturated heterocycles. The van der Waals surface area contributed by atoms with Crippen molar-refractivity contribution in [3.8, 4) is 0 Å². The molecular formula is C32H43F2N5O7. The smallest absolute Gasteiger partial charge is 0.410 e. The number of hydrogen-bond donors (Lipinski definition) is 2. The summed E-state index contributed by atoms with van der Waals surface area (Å²) < 4.78 is 34.6. The molecule has 2 heterocycles. The number of hydrogen-bond acceptors (Lipinski definition) is 6. The Balaban J connectivity index is 1.49. The van der Waals surface area contributed by atoms with Crippen LogP contribution in [0.4, 0.5) is 13.6 Å². The van der Waals surface area contributed by atoms with E-state index in [1.165, 1.54) is 28.5 Å². The van der Waals surface area contributed by atoms with Gasteiger partial charge >= 0.3 is 12.1 Å². The number of aromatic carboxylic acids is 1. The van der Waals surface area contributed by atoms with Crippen molar-refractivity contribution in [2.75, 3.05) is 33.2 Å². The average molecular weight is 648 g/mol. The van der Waals surface area contributed by atoms with Gasteiger partial charge in [0.2, 0.25) is 11.8 Å². The van der Waals surface area contributed by atoms with Crippen LogP contribution in [0.1, 0.15) is 80.6 Å². The maximum atomic E-state index is 14.0. The third-order valence-corrected chi connectivity index (χ3v) is 8.86. The van der Waals surface area contributed by atoms with Gasteiger partial charge in [-0.1, -0.05) is 19.3 Å². The monoisotopic (exact) mass is 647 g/mol. The fourth-order valence-corrected chi connectivity index (χ4v) is 6.16. The van der Waals surface area contributed by atoms with Crippen LogP contribution in [0, 0.1) is 17.6 Å². The average Bonchev–Trinajstić information content (AvgIpc) is 3.29. The first-order chi connectivity index (χ1) is 21.5. The van der Waals surface area contributed by atoms with Gasteiger partial charge in [-0.25, -0.2) is 18.4 Å². The van der Waals surface area contributed by atoms with E-state index in [1.54, 1.807) is 32.6 Å². The number of carboxylic acids is 1. The Kier molecular flexibility index (Phi) is 10.3. The van der Waals surface area contributed by atoms with E-state index in [-0.39, 0.29) is 54.6 Å². The van der Waals surface area contributed by atoms with E-state index in [9.17, 15) is 37.9 Å². The lowest BCUT2D eigenvalue weighted by molar-refractivity contribution is -0.140. The van der Waals surface area contributed by atoms with Gasteiger partial charge in [-0.15, -0.1) is 0 Å². The molecule has 1 aliphatic carbocycles. The molecule has 1 saturated carbocycles. The molecule has 0 radical (unpaired) electrons. The van der Waals surface area contributed by atoms with Crippen molar-refractivity contribution in [2.24, 2.45) is 13.0 Å². The quantitative estimate of drug-likeness (QED) is 0.466. The summed E-state index contributed by atoms with van der Waals surface area (Å²) >= 11 is 0. The third-order valence-electron chi connectivity index (χ3n) is 8.86. The molecule has 46 heavy (non-hydrogen) atoms. The second-order valence-corrected chi connectivity index (χ2v) is 13.1. The van der Waals surface area contributed by atoms with Crippen LogP contribution in [0.2, 0.25) is 0 Å². The summed E-state index contributed by atoms with van der Waals surface area (Å²) in [5.74, 6) is -5.36. The summed E-state index contributed by atoms with van der Waals surface area (Å²) in [6.07, 6.45) is 3.73. The highest BCUT2D eigenvalue weighted by molar-refractivity contribution is 6.13. The molecule has 1 aromatic carbocycles. The van der Waals surface area contributed by atoms with Crippen molar-refractivity contribution in [1.29, 1.82) is 0 Å². The van der Waals surface area contributed by atoms with Crippen LogP contribution in [0.3, 0.4) is 0 Å². The van der Waals surface area contributed by atoms with Crippen molar-refractivity contribution >= 4 is 40.7 Å². The fraction of sp³-hybridized carbons (Fsp3) is 0.594. The minimum atomic E-state index is -1.45. The van der Waals surface area contributed by atoms with Crippen LogP contribution in [-0.2, 0) is 21.4 Å². The normalized spacial score (nSPS) is 17.4. The molecule has 4 amide bonds. The lowest BCUT2D eigenvalue weighted by Gasteiger charge is -2.39. The van der Waals surface area contributed by atoms with Crippen LogP contribution < -0.4 is 5.32 Å². The molecule has 2 atom stereocenters. The SMILES string of the molecule is C[C@@H](C(=O)N[C@H](C(=O)N1CCN(C(=O)c2c(C(=O)O)c3cc(F)c(F)cc3n2C)CC1)C1CCCCC1)N(C)C(=O)OC(C)(C)C. The highest BCUT2D eigenvalue weighted by Gasteiger charge is 2.38. The molecule has 4 rings (SSSR count). The summed E-state index contributed by atoms with van der Waals surface area (Å²) in [6, 6.07) is -0.107. The number of carbonyl (C=O) groups excluding carboxylic acids is 4. The zero-order chi connectivity index (χ0) is 34.1. The highest BCUT2D eigenvalue weighted by atomic mass is 19.2. The Labute approximate surface area is 266 Å². The number of piperazine rings is 1. The maximum Gasteiger partial charge on any atom is 0.410 e. The first-order valence-electron chi connectivity index (χ1n) is 15.6. The molecule has 2 N–H and O–H groups in total. The van der Waals surface area contributed by atoms with Gasteiger partial charge in [0.15, 0.2) is 11.6 Å². The molecule has 252 valence electrons. The third kappa shape index (κ3) is 7.26. The summed E-state index contributed by atoms with van der Waals surface area (Å²) in [4.78, 5) is 69.8. The highest BCUT2D eigenvalue weighted by Crippen LogP contribution is 2.30. The molecule has 14 heteroatoms. The van der Waals surface area contributed by atoms with Gasteiger partial charge in [-0.2, -0.15) is 0 Å². The Morgan fingerprint density at radius 2 is 1.54 bits per heavy atom. The maximum absolute atomic E-state index is 14.0. The van der Waals surface area contributed by atoms with Crippen LogP contribution >= 0.6 is 0 Å². The molecule has 0 unspecified atom stereocenters. The van der Waals surface area contributed by atoms with E-state index in [4.69, 9.17) is 4.74 Å². The van der Waals surface area contributed by atoms with E-state index < -0.39 is 58.8 Å². The first kappa shape index (κ1) is 34.6. The topological polar surface area (TPSA) is 141 Å². The molecule has 0 bridgehead atoms. The standard InChI is InChI=1S/C32H43F2N5O7/c1-18(36(5)31(45)46-32(2,3)4)27(40)35-25(19-10-8-7-9-11-19)28(41)38-12-14-39(15-13-38)29(42)26-24(30(43)44)20-16-21(33)22(34)17-23(20)37(26)6/h16-19,25H,7-15H2,1-6H3,(H,35,40)(H,43,44)/t18-,25-/m0/s1. The first-order valence-corrected chi connectivity index (χ1v) is 15.6. The molecule has 2 fully saturated rings. The van der Waals surface area contributed by atoms with E-state index in [0.29, 0.717) is 0 Å². The Hall–Kier alpha value is -4.23. The molecule has 1 aliphatic heterocycles. The minimum absolute atomic E-state index is 0.0612. The summed E-state index contributed by atoms with van der Waals surface area (Å²) in [6.45, 7) is 7.16. The Bertz CT molecular complexity index is 1520. The van der Waals surface area contributed by atoms with Gasteiger partial charge in [-0.05, 0) is 52.5 Å². The van der Waals surface area contributed by atoms with E-state index in [0.717, 1.165) is 44.2 Å². The predicted molar refractivity (Wildman–Crippen MR) is 164 cm³/mol. The van der Waals surface area contributed by atoms with Gasteiger partial charge < -0.3 is 29.5 Å². The number of aryl methyl sites for hydroxylation is 1. The number of ether oxygens (including phenoxy) is 1. The number of likely N-dealkylation sites (N-methyl/N-ethyl adjacent to an activating group) is 1. The van der Waals surface area contributed by atoms with Gasteiger partial charge in [0.25, 0.3) is 5.91 Å². The lowest BCUT2D eigenvalue weighted by atomic mass is 9.83. The molecule has 12 nitrogen and oxygen atoms in total. The largest absolute Gasteiger partial charge is 0.478 e. The van der Waals surface area contributed by atoms with Gasteiger partial charge in [0.05, 0.1) is 11.1 Å². The van der Waals surface area contributed by atoms with E-state index in [1.807, 2.05) is 0 Å². The zero-order valence-corrected chi connectivity index (χ0v) is 27.2. The number of carboxylic acid groups (broad SMARTS) is 1. The molecule has 1 aromatic heterocycles. The van der Waals surface area contributed by atoms with Crippen molar-refractivity contribution in [2.45, 2.75) is 77.5 Å². The van der Waals surface area contributed by atoms with Crippen molar-refractivity contribution in [3.05, 3.63) is 35.0 Å². The van der Waals surface area contributed by atoms with Crippen LogP contribution in [0.25, 0.3) is 10.9 Å².